The average Bonchev–Trinajstić information content (AvgIpc) is 3.08. The van der Waals surface area contributed by atoms with E-state index in [1.807, 2.05) is 20.8 Å². The third-order valence-corrected chi connectivity index (χ3v) is 9.63. The van der Waals surface area contributed by atoms with Gasteiger partial charge in [-0.1, -0.05) is 17.7 Å². The number of hydrogen-bond acceptors (Lipinski definition) is 7. The zero-order valence-electron chi connectivity index (χ0n) is 18.4. The minimum absolute atomic E-state index is 0.0866. The van der Waals surface area contributed by atoms with Crippen molar-refractivity contribution in [3.05, 3.63) is 50.9 Å². The molecule has 4 rings (SSSR count). The van der Waals surface area contributed by atoms with E-state index >= 15 is 0 Å². The third kappa shape index (κ3) is 4.88. The summed E-state index contributed by atoms with van der Waals surface area (Å²) in [5.41, 5.74) is 1.81. The quantitative estimate of drug-likeness (QED) is 0.492. The molecular formula is C22H27N3O4S3. The molecule has 3 heterocycles. The smallest absolute Gasteiger partial charge is 0.354 e. The number of fused-ring (bicyclic) bond motifs is 1. The van der Waals surface area contributed by atoms with Crippen LogP contribution in [-0.2, 0) is 14.8 Å². The lowest BCUT2D eigenvalue weighted by atomic mass is 9.98. The molecule has 1 fully saturated rings. The lowest BCUT2D eigenvalue weighted by Crippen LogP contribution is -2.18. The number of rotatable bonds is 7. The number of ether oxygens (including phenoxy) is 1. The Labute approximate surface area is 196 Å². The molecule has 0 radical (unpaired) electrons. The van der Waals surface area contributed by atoms with Crippen LogP contribution in [0.2, 0.25) is 0 Å². The van der Waals surface area contributed by atoms with E-state index in [1.165, 1.54) is 4.57 Å². The van der Waals surface area contributed by atoms with Gasteiger partial charge in [0, 0.05) is 23.8 Å². The first-order valence-electron chi connectivity index (χ1n) is 10.6. The van der Waals surface area contributed by atoms with Crippen LogP contribution in [0, 0.1) is 26.7 Å². The molecule has 1 aromatic rings. The molecule has 3 aliphatic heterocycles. The van der Waals surface area contributed by atoms with Crippen molar-refractivity contribution in [1.29, 1.82) is 0 Å². The van der Waals surface area contributed by atoms with Crippen molar-refractivity contribution in [2.24, 2.45) is 5.92 Å². The van der Waals surface area contributed by atoms with E-state index in [4.69, 9.17) is 4.74 Å². The number of nitrogens with zero attached hydrogens (tertiary/aromatic N) is 2. The van der Waals surface area contributed by atoms with Crippen LogP contribution in [0.5, 0.6) is 0 Å². The Morgan fingerprint density at radius 2 is 1.88 bits per heavy atom. The molecule has 0 amide bonds. The van der Waals surface area contributed by atoms with Gasteiger partial charge in [0.1, 0.15) is 5.69 Å². The molecule has 0 spiro atoms. The molecule has 1 saturated heterocycles. The third-order valence-electron chi connectivity index (χ3n) is 5.79. The first-order valence-corrected chi connectivity index (χ1v) is 13.9. The topological polar surface area (TPSA) is 90.3 Å². The summed E-state index contributed by atoms with van der Waals surface area (Å²) in [6.45, 7) is 7.36. The van der Waals surface area contributed by atoms with E-state index in [0.717, 1.165) is 58.6 Å². The fraction of sp³-hybridized carbons (Fsp3) is 0.455. The fourth-order valence-corrected chi connectivity index (χ4v) is 7.38. The molecular weight excluding hydrogens is 466 g/mol. The number of aryl methyl sites for hydroxylation is 2. The van der Waals surface area contributed by atoms with E-state index in [9.17, 15) is 13.2 Å². The van der Waals surface area contributed by atoms with Crippen LogP contribution in [-0.4, -0.2) is 36.9 Å². The van der Waals surface area contributed by atoms with Crippen molar-refractivity contribution in [2.45, 2.75) is 49.1 Å². The predicted octanol–water partition coefficient (Wildman–Crippen LogP) is 4.37. The Kier molecular flexibility index (Phi) is 6.94. The molecule has 7 nitrogen and oxygen atoms in total. The van der Waals surface area contributed by atoms with E-state index in [1.54, 1.807) is 47.4 Å². The van der Waals surface area contributed by atoms with Gasteiger partial charge in [0.05, 0.1) is 9.10 Å². The van der Waals surface area contributed by atoms with Crippen LogP contribution in [0.25, 0.3) is 5.69 Å². The monoisotopic (exact) mass is 493 g/mol. The van der Waals surface area contributed by atoms with Gasteiger partial charge in [-0.2, -0.15) is 4.98 Å². The van der Waals surface area contributed by atoms with E-state index in [-0.39, 0.29) is 10.7 Å². The van der Waals surface area contributed by atoms with Gasteiger partial charge in [0.25, 0.3) is 10.0 Å². The van der Waals surface area contributed by atoms with Gasteiger partial charge in [-0.25, -0.2) is 13.2 Å². The number of imidazole rings is 1. The molecule has 0 atom stereocenters. The molecule has 0 aromatic heterocycles. The summed E-state index contributed by atoms with van der Waals surface area (Å²) in [5, 5.41) is 0. The lowest BCUT2D eigenvalue weighted by Gasteiger charge is -2.22. The van der Waals surface area contributed by atoms with E-state index in [2.05, 4.69) is 9.71 Å². The Morgan fingerprint density at radius 3 is 2.56 bits per heavy atom. The number of hydrogen-bond donors (Lipinski definition) is 1. The Morgan fingerprint density at radius 1 is 1.19 bits per heavy atom. The number of nitrogens with one attached hydrogen (secondary N) is 1. The number of anilines is 1. The van der Waals surface area contributed by atoms with Gasteiger partial charge in [-0.05, 0) is 63.8 Å². The van der Waals surface area contributed by atoms with Crippen molar-refractivity contribution in [3.8, 4) is 5.69 Å². The molecule has 0 saturated carbocycles. The van der Waals surface area contributed by atoms with Crippen LogP contribution >= 0.6 is 23.1 Å². The van der Waals surface area contributed by atoms with Crippen LogP contribution < -0.4 is 10.4 Å². The zero-order valence-corrected chi connectivity index (χ0v) is 20.8. The highest BCUT2D eigenvalue weighted by Crippen LogP contribution is 2.39. The van der Waals surface area contributed by atoms with E-state index < -0.39 is 15.7 Å². The Bertz CT molecular complexity index is 1230. The summed E-state index contributed by atoms with van der Waals surface area (Å²) in [7, 11) is -3.87. The Hall–Kier alpha value is -1.88. The highest BCUT2D eigenvalue weighted by atomic mass is 32.2. The van der Waals surface area contributed by atoms with Crippen molar-refractivity contribution in [2.75, 3.05) is 23.7 Å². The lowest BCUT2D eigenvalue weighted by molar-refractivity contribution is 0.0657. The van der Waals surface area contributed by atoms with Gasteiger partial charge in [-0.3, -0.25) is 9.29 Å². The first kappa shape index (κ1) is 23.3. The van der Waals surface area contributed by atoms with Crippen LogP contribution in [0.3, 0.4) is 0 Å². The second kappa shape index (κ2) is 9.54. The van der Waals surface area contributed by atoms with Gasteiger partial charge >= 0.3 is 5.69 Å². The maximum absolute atomic E-state index is 13.0. The fourth-order valence-electron chi connectivity index (χ4n) is 3.74. The van der Waals surface area contributed by atoms with Gasteiger partial charge < -0.3 is 4.74 Å². The Balaban J connectivity index is 1.65. The molecule has 3 aliphatic rings. The second-order valence-electron chi connectivity index (χ2n) is 8.07. The first-order chi connectivity index (χ1) is 15.3. The second-order valence-corrected chi connectivity index (χ2v) is 12.3. The number of aromatic nitrogens is 2. The highest BCUT2D eigenvalue weighted by molar-refractivity contribution is 8.01. The molecule has 10 heteroatoms. The maximum atomic E-state index is 13.0. The SMILES string of the molecule is Cc1ccc(S(=O)(=O)Nc2nc(=O)n3c(C)c(C)sc(SCCC4CCOCC4)c2-3)cc1. The summed E-state index contributed by atoms with van der Waals surface area (Å²) < 4.78 is 36.4. The van der Waals surface area contributed by atoms with Crippen molar-refractivity contribution in [3.63, 3.8) is 0 Å². The van der Waals surface area contributed by atoms with Crippen LogP contribution in [0.4, 0.5) is 5.82 Å². The summed E-state index contributed by atoms with van der Waals surface area (Å²) in [6.07, 6.45) is 3.21. The molecule has 0 bridgehead atoms. The van der Waals surface area contributed by atoms with E-state index in [0.29, 0.717) is 11.6 Å². The van der Waals surface area contributed by atoms with Gasteiger partial charge in [0.2, 0.25) is 0 Å². The summed E-state index contributed by atoms with van der Waals surface area (Å²) >= 11 is 3.24. The number of benzene rings is 1. The normalized spacial score (nSPS) is 15.3. The molecule has 32 heavy (non-hydrogen) atoms. The summed E-state index contributed by atoms with van der Waals surface area (Å²) in [4.78, 5) is 17.9. The highest BCUT2D eigenvalue weighted by Gasteiger charge is 2.27. The number of thioether (sulfide) groups is 1. The minimum Gasteiger partial charge on any atom is -0.381 e. The molecule has 0 aliphatic carbocycles. The predicted molar refractivity (Wildman–Crippen MR) is 129 cm³/mol. The van der Waals surface area contributed by atoms with Crippen molar-refractivity contribution >= 4 is 38.9 Å². The molecule has 1 N–H and O–H groups in total. The molecule has 1 aromatic carbocycles. The minimum atomic E-state index is -3.87. The van der Waals surface area contributed by atoms with Gasteiger partial charge in [-0.15, -0.1) is 23.1 Å². The van der Waals surface area contributed by atoms with Crippen molar-refractivity contribution in [1.82, 2.24) is 9.55 Å². The van der Waals surface area contributed by atoms with Crippen molar-refractivity contribution < 1.29 is 13.2 Å². The van der Waals surface area contributed by atoms with Crippen LogP contribution in [0.15, 0.2) is 38.2 Å². The summed E-state index contributed by atoms with van der Waals surface area (Å²) in [5.74, 6) is 1.62. The average molecular weight is 494 g/mol. The number of sulfonamides is 1. The zero-order chi connectivity index (χ0) is 22.9. The van der Waals surface area contributed by atoms with Gasteiger partial charge in [0.15, 0.2) is 5.82 Å². The standard InChI is InChI=1S/C22H27N3O4S3/c1-14-4-6-18(7-5-14)32(27,28)24-20-19-21(30-13-10-17-8-11-29-12-9-17)31-16(3)15(2)25(19)22(26)23-20/h4-7,17H,8-13H2,1-3H3,(H,23,24,26). The molecule has 0 unspecified atom stereocenters. The molecule has 172 valence electrons. The largest absolute Gasteiger partial charge is 0.381 e. The summed E-state index contributed by atoms with van der Waals surface area (Å²) in [6, 6.07) is 6.59. The maximum Gasteiger partial charge on any atom is 0.354 e. The van der Waals surface area contributed by atoms with Crippen LogP contribution in [0.1, 0.15) is 35.4 Å².